The number of hydrogen-bond donors (Lipinski definition) is 3. The van der Waals surface area contributed by atoms with Crippen LogP contribution in [0.5, 0.6) is 0 Å². The molecule has 4 N–H and O–H groups in total. The molecule has 1 aliphatic carbocycles. The molecule has 4 atom stereocenters. The van der Waals surface area contributed by atoms with Crippen LogP contribution in [0.15, 0.2) is 23.3 Å². The number of carbonyl (C=O) groups excluding carboxylic acids is 1. The molecular formula is C24H37N5O4. The standard InChI is InChI=1S/C24H37N5O4/c1-4-5-6-7-8-9-10-11-12-16(23(32)33-3)19-15(2)17(13-18(19)30)29-14-26-20-21(29)27-24(25)28-22(20)31/h14,16-19,30H,2,4-13H2,1,3H3,(H3,25,27,28,31)/t16?,17-,18-,19-/m0/s1. The summed E-state index contributed by atoms with van der Waals surface area (Å²) in [4.78, 5) is 35.6. The van der Waals surface area contributed by atoms with E-state index in [1.54, 1.807) is 4.57 Å². The highest BCUT2D eigenvalue weighted by Gasteiger charge is 2.45. The lowest BCUT2D eigenvalue weighted by atomic mass is 9.82. The fourth-order valence-electron chi connectivity index (χ4n) is 5.08. The SMILES string of the molecule is C=C1[C@@H](C(CCCCCCCCCC)C(=O)OC)[C@@H](O)C[C@@H]1n1cnc2c(=O)[nH]c(N)nc21. The molecule has 1 unspecified atom stereocenters. The molecule has 2 aromatic heterocycles. The molecule has 3 rings (SSSR count). The number of H-pyrrole nitrogens is 1. The zero-order valence-electron chi connectivity index (χ0n) is 19.8. The second-order valence-corrected chi connectivity index (χ2v) is 9.09. The average molecular weight is 460 g/mol. The lowest BCUT2D eigenvalue weighted by Gasteiger charge is -2.25. The summed E-state index contributed by atoms with van der Waals surface area (Å²) >= 11 is 0. The van der Waals surface area contributed by atoms with Gasteiger partial charge in [0.05, 0.1) is 31.5 Å². The highest BCUT2D eigenvalue weighted by atomic mass is 16.5. The number of ether oxygens (including phenoxy) is 1. The van der Waals surface area contributed by atoms with E-state index in [9.17, 15) is 14.7 Å². The number of methoxy groups -OCH3 is 1. The van der Waals surface area contributed by atoms with Crippen molar-refractivity contribution in [3.05, 3.63) is 28.8 Å². The number of anilines is 1. The number of aliphatic hydroxyl groups is 1. The number of carbonyl (C=O) groups is 1. The first-order valence-electron chi connectivity index (χ1n) is 12.1. The molecule has 9 nitrogen and oxygen atoms in total. The van der Waals surface area contributed by atoms with Gasteiger partial charge >= 0.3 is 5.97 Å². The van der Waals surface area contributed by atoms with Crippen molar-refractivity contribution in [1.29, 1.82) is 0 Å². The van der Waals surface area contributed by atoms with Crippen LogP contribution in [0.2, 0.25) is 0 Å². The lowest BCUT2D eigenvalue weighted by molar-refractivity contribution is -0.148. The quantitative estimate of drug-likeness (QED) is 0.251. The van der Waals surface area contributed by atoms with Gasteiger partial charge in [0, 0.05) is 5.92 Å². The second kappa shape index (κ2) is 11.4. The van der Waals surface area contributed by atoms with Crippen molar-refractivity contribution in [2.45, 2.75) is 83.3 Å². The predicted molar refractivity (Wildman–Crippen MR) is 128 cm³/mol. The van der Waals surface area contributed by atoms with Gasteiger partial charge in [-0.15, -0.1) is 0 Å². The third-order valence-corrected chi connectivity index (χ3v) is 6.83. The van der Waals surface area contributed by atoms with E-state index in [0.29, 0.717) is 18.5 Å². The molecule has 182 valence electrons. The Labute approximate surface area is 194 Å². The Kier molecular flexibility index (Phi) is 8.66. The summed E-state index contributed by atoms with van der Waals surface area (Å²) in [5.41, 5.74) is 6.54. The fraction of sp³-hybridized carbons (Fsp3) is 0.667. The zero-order chi connectivity index (χ0) is 24.0. The summed E-state index contributed by atoms with van der Waals surface area (Å²) in [6.07, 6.45) is 11.1. The van der Waals surface area contributed by atoms with Crippen LogP contribution in [0, 0.1) is 11.8 Å². The normalized spacial score (nSPS) is 21.5. The van der Waals surface area contributed by atoms with Gasteiger partial charge in [-0.25, -0.2) is 4.98 Å². The van der Waals surface area contributed by atoms with Gasteiger partial charge in [-0.1, -0.05) is 64.9 Å². The molecule has 0 spiro atoms. The second-order valence-electron chi connectivity index (χ2n) is 9.09. The first-order valence-corrected chi connectivity index (χ1v) is 12.1. The van der Waals surface area contributed by atoms with Crippen LogP contribution in [0.1, 0.15) is 77.2 Å². The number of rotatable bonds is 12. The summed E-state index contributed by atoms with van der Waals surface area (Å²) < 4.78 is 6.81. The summed E-state index contributed by atoms with van der Waals surface area (Å²) in [5, 5.41) is 10.9. The maximum Gasteiger partial charge on any atom is 0.309 e. The number of unbranched alkanes of at least 4 members (excludes halogenated alkanes) is 7. The number of hydrogen-bond acceptors (Lipinski definition) is 7. The first kappa shape index (κ1) is 25.0. The van der Waals surface area contributed by atoms with Gasteiger partial charge in [0.2, 0.25) is 5.95 Å². The number of aromatic nitrogens is 4. The molecule has 0 radical (unpaired) electrons. The molecule has 0 aliphatic heterocycles. The van der Waals surface area contributed by atoms with E-state index in [-0.39, 0.29) is 23.5 Å². The average Bonchev–Trinajstić information content (AvgIpc) is 3.33. The van der Waals surface area contributed by atoms with E-state index in [1.165, 1.54) is 45.5 Å². The van der Waals surface area contributed by atoms with Crippen molar-refractivity contribution in [3.8, 4) is 0 Å². The van der Waals surface area contributed by atoms with Gasteiger partial charge < -0.3 is 20.1 Å². The van der Waals surface area contributed by atoms with Gasteiger partial charge in [-0.05, 0) is 18.4 Å². The Hall–Kier alpha value is -2.68. The highest BCUT2D eigenvalue weighted by molar-refractivity contribution is 5.74. The number of aromatic amines is 1. The number of nitrogens with zero attached hydrogens (tertiary/aromatic N) is 3. The summed E-state index contributed by atoms with van der Waals surface area (Å²) in [5.74, 6) is -1.21. The predicted octanol–water partition coefficient (Wildman–Crippen LogP) is 3.50. The minimum Gasteiger partial charge on any atom is -0.469 e. The van der Waals surface area contributed by atoms with E-state index < -0.39 is 23.5 Å². The Bertz CT molecular complexity index is 1010. The Morgan fingerprint density at radius 1 is 1.30 bits per heavy atom. The highest BCUT2D eigenvalue weighted by Crippen LogP contribution is 2.45. The Morgan fingerprint density at radius 2 is 1.97 bits per heavy atom. The molecule has 1 aliphatic rings. The summed E-state index contributed by atoms with van der Waals surface area (Å²) in [7, 11) is 1.38. The van der Waals surface area contributed by atoms with Gasteiger partial charge in [0.1, 0.15) is 0 Å². The monoisotopic (exact) mass is 459 g/mol. The van der Waals surface area contributed by atoms with Crippen LogP contribution in [-0.2, 0) is 9.53 Å². The van der Waals surface area contributed by atoms with Crippen molar-refractivity contribution < 1.29 is 14.6 Å². The lowest BCUT2D eigenvalue weighted by Crippen LogP contribution is -2.31. The van der Waals surface area contributed by atoms with Crippen molar-refractivity contribution in [2.24, 2.45) is 11.8 Å². The molecule has 9 heteroatoms. The first-order chi connectivity index (χ1) is 15.9. The van der Waals surface area contributed by atoms with E-state index >= 15 is 0 Å². The number of nitrogens with two attached hydrogens (primary N) is 1. The van der Waals surface area contributed by atoms with Crippen molar-refractivity contribution >= 4 is 23.1 Å². The molecule has 0 bridgehead atoms. The van der Waals surface area contributed by atoms with Crippen LogP contribution < -0.4 is 11.3 Å². The van der Waals surface area contributed by atoms with Gasteiger partial charge in [-0.2, -0.15) is 4.98 Å². The number of nitrogens with one attached hydrogen (secondary N) is 1. The summed E-state index contributed by atoms with van der Waals surface area (Å²) in [6, 6.07) is -0.338. The van der Waals surface area contributed by atoms with Crippen LogP contribution in [-0.4, -0.2) is 43.8 Å². The topological polar surface area (TPSA) is 136 Å². The van der Waals surface area contributed by atoms with E-state index in [1.807, 2.05) is 0 Å². The van der Waals surface area contributed by atoms with Crippen LogP contribution in [0.4, 0.5) is 5.95 Å². The number of esters is 1. The van der Waals surface area contributed by atoms with E-state index in [0.717, 1.165) is 24.8 Å². The van der Waals surface area contributed by atoms with Crippen LogP contribution in [0.25, 0.3) is 11.2 Å². The minimum atomic E-state index is -0.752. The van der Waals surface area contributed by atoms with Gasteiger partial charge in [0.25, 0.3) is 5.56 Å². The van der Waals surface area contributed by atoms with Crippen LogP contribution in [0.3, 0.4) is 0 Å². The molecule has 0 amide bonds. The molecule has 33 heavy (non-hydrogen) atoms. The van der Waals surface area contributed by atoms with Crippen molar-refractivity contribution in [2.75, 3.05) is 12.8 Å². The molecule has 2 aromatic rings. The number of aliphatic hydroxyl groups excluding tert-OH is 1. The number of fused-ring (bicyclic) bond motifs is 1. The third kappa shape index (κ3) is 5.63. The molecule has 0 saturated heterocycles. The maximum atomic E-state index is 12.7. The fourth-order valence-corrected chi connectivity index (χ4v) is 5.08. The maximum absolute atomic E-state index is 12.7. The number of imidazole rings is 1. The van der Waals surface area contributed by atoms with E-state index in [4.69, 9.17) is 10.5 Å². The van der Waals surface area contributed by atoms with Crippen molar-refractivity contribution in [1.82, 2.24) is 19.5 Å². The molecule has 2 heterocycles. The zero-order valence-corrected chi connectivity index (χ0v) is 19.8. The third-order valence-electron chi connectivity index (χ3n) is 6.83. The Morgan fingerprint density at radius 3 is 2.64 bits per heavy atom. The molecule has 1 saturated carbocycles. The molecular weight excluding hydrogens is 422 g/mol. The van der Waals surface area contributed by atoms with Gasteiger partial charge in [-0.3, -0.25) is 14.6 Å². The smallest absolute Gasteiger partial charge is 0.309 e. The van der Waals surface area contributed by atoms with E-state index in [2.05, 4.69) is 28.5 Å². The molecule has 1 fully saturated rings. The molecule has 0 aromatic carbocycles. The van der Waals surface area contributed by atoms with Gasteiger partial charge in [0.15, 0.2) is 11.2 Å². The number of nitrogen functional groups attached to an aromatic ring is 1. The van der Waals surface area contributed by atoms with Crippen LogP contribution >= 0.6 is 0 Å². The van der Waals surface area contributed by atoms with Crippen molar-refractivity contribution in [3.63, 3.8) is 0 Å². The largest absolute Gasteiger partial charge is 0.469 e. The minimum absolute atomic E-state index is 0.00270. The summed E-state index contributed by atoms with van der Waals surface area (Å²) in [6.45, 7) is 6.45. The Balaban J connectivity index is 1.69.